The maximum absolute atomic E-state index is 8.99. The summed E-state index contributed by atoms with van der Waals surface area (Å²) in [7, 11) is 0. The lowest BCUT2D eigenvalue weighted by molar-refractivity contribution is 0.823. The van der Waals surface area contributed by atoms with Crippen LogP contribution in [0.4, 0.5) is 10.8 Å². The largest absolute Gasteiger partial charge is 0.382 e. The average Bonchev–Trinajstić information content (AvgIpc) is 2.48. The molecule has 0 amide bonds. The third-order valence-electron chi connectivity index (χ3n) is 2.32. The number of hydrogen-bond acceptors (Lipinski definition) is 6. The van der Waals surface area contributed by atoms with Gasteiger partial charge in [-0.15, -0.1) is 0 Å². The Balaban J connectivity index is 2.24. The van der Waals surface area contributed by atoms with E-state index in [1.54, 1.807) is 0 Å². The molecule has 1 fully saturated rings. The van der Waals surface area contributed by atoms with Crippen molar-refractivity contribution >= 4 is 34.1 Å². The van der Waals surface area contributed by atoms with Gasteiger partial charge in [-0.25, -0.2) is 0 Å². The van der Waals surface area contributed by atoms with E-state index in [1.165, 1.54) is 17.3 Å². The number of nitrogens with two attached hydrogens (primary N) is 1. The van der Waals surface area contributed by atoms with Crippen molar-refractivity contribution in [3.05, 3.63) is 5.56 Å². The van der Waals surface area contributed by atoms with Gasteiger partial charge in [-0.1, -0.05) is 0 Å². The van der Waals surface area contributed by atoms with Crippen LogP contribution in [0.3, 0.4) is 0 Å². The zero-order valence-corrected chi connectivity index (χ0v) is 9.90. The Kier molecular flexibility index (Phi) is 3.34. The molecule has 0 radical (unpaired) electrons. The fourth-order valence-electron chi connectivity index (χ4n) is 1.56. The summed E-state index contributed by atoms with van der Waals surface area (Å²) in [5.41, 5.74) is 6.19. The first-order valence-electron chi connectivity index (χ1n) is 4.81. The number of nitriles is 1. The molecule has 4 nitrogen and oxygen atoms in total. The number of anilines is 2. The normalized spacial score (nSPS) is 17.1. The van der Waals surface area contributed by atoms with Gasteiger partial charge in [-0.2, -0.15) is 21.4 Å². The second-order valence-corrected chi connectivity index (χ2v) is 5.29. The Morgan fingerprint density at radius 3 is 3.07 bits per heavy atom. The maximum atomic E-state index is 8.99. The van der Waals surface area contributed by atoms with Crippen molar-refractivity contribution < 1.29 is 0 Å². The van der Waals surface area contributed by atoms with Crippen molar-refractivity contribution in [1.29, 1.82) is 5.26 Å². The Hall–Kier alpha value is -0.930. The van der Waals surface area contributed by atoms with Crippen molar-refractivity contribution in [3.8, 4) is 6.07 Å². The monoisotopic (exact) mass is 240 g/mol. The Morgan fingerprint density at radius 2 is 2.27 bits per heavy atom. The highest BCUT2D eigenvalue weighted by molar-refractivity contribution is 7.99. The SMILES string of the molecule is N#Cc1c(N)nsc1N1CCCSCC1. The fraction of sp³-hybridized carbons (Fsp3) is 0.556. The predicted octanol–water partition coefficient (Wildman–Crippen LogP) is 1.54. The first kappa shape index (κ1) is 10.6. The minimum absolute atomic E-state index is 0.370. The summed E-state index contributed by atoms with van der Waals surface area (Å²) < 4.78 is 4.04. The average molecular weight is 240 g/mol. The van der Waals surface area contributed by atoms with Gasteiger partial charge in [0.1, 0.15) is 16.6 Å². The summed E-state index contributed by atoms with van der Waals surface area (Å²) in [5.74, 6) is 2.68. The van der Waals surface area contributed by atoms with Gasteiger partial charge in [0, 0.05) is 18.8 Å². The van der Waals surface area contributed by atoms with E-state index in [0.717, 1.165) is 30.3 Å². The molecule has 0 aliphatic carbocycles. The predicted molar refractivity (Wildman–Crippen MR) is 65.4 cm³/mol. The summed E-state index contributed by atoms with van der Waals surface area (Å²) in [6, 6.07) is 2.14. The molecule has 80 valence electrons. The molecule has 0 spiro atoms. The van der Waals surface area contributed by atoms with E-state index in [9.17, 15) is 0 Å². The highest BCUT2D eigenvalue weighted by atomic mass is 32.2. The third kappa shape index (κ3) is 2.19. The molecular weight excluding hydrogens is 228 g/mol. The van der Waals surface area contributed by atoms with Crippen LogP contribution in [0, 0.1) is 11.3 Å². The summed E-state index contributed by atoms with van der Waals surface area (Å²) >= 11 is 3.30. The lowest BCUT2D eigenvalue weighted by Crippen LogP contribution is -2.25. The van der Waals surface area contributed by atoms with E-state index in [-0.39, 0.29) is 0 Å². The van der Waals surface area contributed by atoms with Crippen LogP contribution in [0.1, 0.15) is 12.0 Å². The van der Waals surface area contributed by atoms with E-state index >= 15 is 0 Å². The van der Waals surface area contributed by atoms with Crippen molar-refractivity contribution in [1.82, 2.24) is 4.37 Å². The first-order chi connectivity index (χ1) is 7.33. The molecule has 2 heterocycles. The summed E-state index contributed by atoms with van der Waals surface area (Å²) in [6.07, 6.45) is 1.16. The van der Waals surface area contributed by atoms with Crippen LogP contribution in [0.15, 0.2) is 0 Å². The molecule has 1 aliphatic rings. The molecule has 1 aromatic rings. The van der Waals surface area contributed by atoms with Crippen LogP contribution in [0.5, 0.6) is 0 Å². The summed E-state index contributed by atoms with van der Waals surface area (Å²) in [4.78, 5) is 2.23. The molecule has 0 saturated carbocycles. The van der Waals surface area contributed by atoms with Crippen LogP contribution >= 0.6 is 23.3 Å². The molecule has 1 aromatic heterocycles. The number of thioether (sulfide) groups is 1. The van der Waals surface area contributed by atoms with E-state index in [1.807, 2.05) is 11.8 Å². The molecule has 0 bridgehead atoms. The van der Waals surface area contributed by atoms with E-state index in [4.69, 9.17) is 11.0 Å². The van der Waals surface area contributed by atoms with Gasteiger partial charge in [-0.3, -0.25) is 0 Å². The zero-order chi connectivity index (χ0) is 10.7. The van der Waals surface area contributed by atoms with Crippen molar-refractivity contribution in [3.63, 3.8) is 0 Å². The van der Waals surface area contributed by atoms with Crippen LogP contribution in [-0.2, 0) is 0 Å². The maximum Gasteiger partial charge on any atom is 0.157 e. The Bertz CT molecular complexity index is 374. The zero-order valence-electron chi connectivity index (χ0n) is 8.27. The summed E-state index contributed by atoms with van der Waals surface area (Å²) in [6.45, 7) is 1.99. The van der Waals surface area contributed by atoms with Gasteiger partial charge in [-0.05, 0) is 23.7 Å². The van der Waals surface area contributed by atoms with Gasteiger partial charge in [0.25, 0.3) is 0 Å². The standard InChI is InChI=1S/C9H12N4S2/c10-6-7-8(11)12-15-9(7)13-2-1-4-14-5-3-13/h1-5H2,(H2,11,12). The number of nitrogen functional groups attached to an aromatic ring is 1. The molecule has 2 rings (SSSR count). The second-order valence-electron chi connectivity index (χ2n) is 3.31. The number of aromatic nitrogens is 1. The van der Waals surface area contributed by atoms with Crippen molar-refractivity contribution in [2.75, 3.05) is 35.2 Å². The molecule has 2 N–H and O–H groups in total. The Morgan fingerprint density at radius 1 is 1.40 bits per heavy atom. The van der Waals surface area contributed by atoms with Crippen LogP contribution in [0.2, 0.25) is 0 Å². The van der Waals surface area contributed by atoms with Crippen LogP contribution < -0.4 is 10.6 Å². The van der Waals surface area contributed by atoms with E-state index in [0.29, 0.717) is 11.4 Å². The van der Waals surface area contributed by atoms with E-state index in [2.05, 4.69) is 15.3 Å². The molecular formula is C9H12N4S2. The molecule has 6 heteroatoms. The lowest BCUT2D eigenvalue weighted by Gasteiger charge is -2.19. The first-order valence-corrected chi connectivity index (χ1v) is 6.73. The smallest absolute Gasteiger partial charge is 0.157 e. The molecule has 1 aliphatic heterocycles. The number of nitrogens with zero attached hydrogens (tertiary/aromatic N) is 3. The molecule has 1 saturated heterocycles. The molecule has 0 atom stereocenters. The molecule has 0 unspecified atom stereocenters. The molecule has 15 heavy (non-hydrogen) atoms. The number of hydrogen-bond donors (Lipinski definition) is 1. The van der Waals surface area contributed by atoms with Gasteiger partial charge >= 0.3 is 0 Å². The Labute approximate surface area is 97.2 Å². The van der Waals surface area contributed by atoms with Gasteiger partial charge in [0.05, 0.1) is 0 Å². The lowest BCUT2D eigenvalue weighted by atomic mass is 10.3. The van der Waals surface area contributed by atoms with Gasteiger partial charge < -0.3 is 10.6 Å². The van der Waals surface area contributed by atoms with Gasteiger partial charge in [0.2, 0.25) is 0 Å². The second kappa shape index (κ2) is 4.73. The quantitative estimate of drug-likeness (QED) is 0.806. The van der Waals surface area contributed by atoms with Crippen LogP contribution in [-0.4, -0.2) is 29.0 Å². The van der Waals surface area contributed by atoms with Crippen LogP contribution in [0.25, 0.3) is 0 Å². The van der Waals surface area contributed by atoms with Crippen molar-refractivity contribution in [2.45, 2.75) is 6.42 Å². The number of rotatable bonds is 1. The minimum atomic E-state index is 0.370. The minimum Gasteiger partial charge on any atom is -0.382 e. The fourth-order valence-corrected chi connectivity index (χ4v) is 3.27. The highest BCUT2D eigenvalue weighted by Crippen LogP contribution is 2.30. The van der Waals surface area contributed by atoms with Gasteiger partial charge in [0.15, 0.2) is 5.82 Å². The topological polar surface area (TPSA) is 65.9 Å². The highest BCUT2D eigenvalue weighted by Gasteiger charge is 2.18. The van der Waals surface area contributed by atoms with E-state index < -0.39 is 0 Å². The third-order valence-corrected chi connectivity index (χ3v) is 4.29. The molecule has 0 aromatic carbocycles. The summed E-state index contributed by atoms with van der Waals surface area (Å²) in [5, 5.41) is 9.94. The van der Waals surface area contributed by atoms with Crippen molar-refractivity contribution in [2.24, 2.45) is 0 Å².